The van der Waals surface area contributed by atoms with Gasteiger partial charge >= 0.3 is 0 Å². The van der Waals surface area contributed by atoms with E-state index in [1.807, 2.05) is 6.07 Å². The Morgan fingerprint density at radius 1 is 1.04 bits per heavy atom. The van der Waals surface area contributed by atoms with Crippen LogP contribution < -0.4 is 0 Å². The van der Waals surface area contributed by atoms with Crippen LogP contribution in [0.5, 0.6) is 0 Å². The maximum atomic E-state index is 5.51. The van der Waals surface area contributed by atoms with Crippen LogP contribution in [0.1, 0.15) is 31.3 Å². The molecular formula is C23H32N4O. The highest BCUT2D eigenvalue weighted by Crippen LogP contribution is 2.25. The van der Waals surface area contributed by atoms with Crippen molar-refractivity contribution in [1.82, 2.24) is 19.8 Å². The zero-order valence-corrected chi connectivity index (χ0v) is 17.2. The van der Waals surface area contributed by atoms with Crippen molar-refractivity contribution in [2.75, 3.05) is 39.4 Å². The van der Waals surface area contributed by atoms with Crippen LogP contribution in [0.25, 0.3) is 11.3 Å². The third-order valence-electron chi connectivity index (χ3n) is 6.27. The lowest BCUT2D eigenvalue weighted by atomic mass is 9.89. The summed E-state index contributed by atoms with van der Waals surface area (Å²) in [6.07, 6.45) is 2.52. The number of morpholine rings is 1. The fourth-order valence-corrected chi connectivity index (χ4v) is 4.53. The normalized spacial score (nSPS) is 20.9. The number of rotatable bonds is 5. The molecule has 28 heavy (non-hydrogen) atoms. The monoisotopic (exact) mass is 380 g/mol. The molecule has 1 aromatic carbocycles. The van der Waals surface area contributed by atoms with Crippen molar-refractivity contribution >= 4 is 0 Å². The Morgan fingerprint density at radius 3 is 2.46 bits per heavy atom. The van der Waals surface area contributed by atoms with E-state index in [2.05, 4.69) is 54.0 Å². The summed E-state index contributed by atoms with van der Waals surface area (Å²) < 4.78 is 5.51. The molecule has 0 N–H and O–H groups in total. The molecule has 0 radical (unpaired) electrons. The van der Waals surface area contributed by atoms with Gasteiger partial charge in [0.25, 0.3) is 0 Å². The number of nitrogens with zero attached hydrogens (tertiary/aromatic N) is 4. The molecule has 2 aliphatic heterocycles. The second-order valence-electron chi connectivity index (χ2n) is 8.18. The summed E-state index contributed by atoms with van der Waals surface area (Å²) in [5, 5.41) is 0. The molecular weight excluding hydrogens is 348 g/mol. The van der Waals surface area contributed by atoms with Gasteiger partial charge in [-0.1, -0.05) is 30.3 Å². The molecule has 0 bridgehead atoms. The first kappa shape index (κ1) is 19.5. The van der Waals surface area contributed by atoms with Gasteiger partial charge in [-0.15, -0.1) is 0 Å². The third-order valence-corrected chi connectivity index (χ3v) is 6.27. The van der Waals surface area contributed by atoms with Crippen LogP contribution in [-0.2, 0) is 11.3 Å². The molecule has 150 valence electrons. The largest absolute Gasteiger partial charge is 0.379 e. The van der Waals surface area contributed by atoms with Crippen molar-refractivity contribution in [3.8, 4) is 11.3 Å². The average Bonchev–Trinajstić information content (AvgIpc) is 2.75. The first-order valence-electron chi connectivity index (χ1n) is 10.6. The minimum absolute atomic E-state index is 0.658. The molecule has 1 atom stereocenters. The van der Waals surface area contributed by atoms with Gasteiger partial charge in [-0.2, -0.15) is 0 Å². The summed E-state index contributed by atoms with van der Waals surface area (Å²) in [5.74, 6) is 1.73. The van der Waals surface area contributed by atoms with E-state index < -0.39 is 0 Å². The molecule has 2 aliphatic rings. The van der Waals surface area contributed by atoms with Gasteiger partial charge in [0.15, 0.2) is 0 Å². The zero-order chi connectivity index (χ0) is 19.3. The highest BCUT2D eigenvalue weighted by molar-refractivity contribution is 5.58. The SMILES string of the molecule is Cc1cc(-c2ccccc2)nc(CN2CCC(C(C)N3CCOCC3)CC2)n1. The molecule has 5 nitrogen and oxygen atoms in total. The zero-order valence-electron chi connectivity index (χ0n) is 17.2. The van der Waals surface area contributed by atoms with E-state index in [9.17, 15) is 0 Å². The smallest absolute Gasteiger partial charge is 0.143 e. The average molecular weight is 381 g/mol. The number of aryl methyl sites for hydroxylation is 1. The second-order valence-corrected chi connectivity index (χ2v) is 8.18. The molecule has 4 rings (SSSR count). The van der Waals surface area contributed by atoms with E-state index in [1.54, 1.807) is 0 Å². The molecule has 5 heteroatoms. The number of hydrogen-bond acceptors (Lipinski definition) is 5. The van der Waals surface area contributed by atoms with Crippen LogP contribution in [0.15, 0.2) is 36.4 Å². The predicted molar refractivity (Wildman–Crippen MR) is 112 cm³/mol. The van der Waals surface area contributed by atoms with Crippen LogP contribution in [0, 0.1) is 12.8 Å². The lowest BCUT2D eigenvalue weighted by molar-refractivity contribution is -0.00204. The van der Waals surface area contributed by atoms with Crippen molar-refractivity contribution in [2.45, 2.75) is 39.3 Å². The van der Waals surface area contributed by atoms with E-state index >= 15 is 0 Å². The van der Waals surface area contributed by atoms with Crippen LogP contribution in [0.4, 0.5) is 0 Å². The summed E-state index contributed by atoms with van der Waals surface area (Å²) in [6.45, 7) is 11.5. The van der Waals surface area contributed by atoms with E-state index in [1.165, 1.54) is 12.8 Å². The molecule has 0 amide bonds. The van der Waals surface area contributed by atoms with Gasteiger partial charge in [-0.05, 0) is 51.8 Å². The second kappa shape index (κ2) is 9.12. The quantitative estimate of drug-likeness (QED) is 0.795. The maximum absolute atomic E-state index is 5.51. The Morgan fingerprint density at radius 2 is 1.75 bits per heavy atom. The molecule has 3 heterocycles. The number of piperidine rings is 1. The van der Waals surface area contributed by atoms with E-state index in [0.29, 0.717) is 6.04 Å². The van der Waals surface area contributed by atoms with Gasteiger partial charge in [0.05, 0.1) is 25.5 Å². The number of aromatic nitrogens is 2. The predicted octanol–water partition coefficient (Wildman–Crippen LogP) is 3.38. The Balaban J connectivity index is 1.35. The fourth-order valence-electron chi connectivity index (χ4n) is 4.53. The molecule has 1 unspecified atom stereocenters. The molecule has 2 aromatic rings. The van der Waals surface area contributed by atoms with Crippen molar-refractivity contribution in [3.05, 3.63) is 47.9 Å². The van der Waals surface area contributed by atoms with Crippen molar-refractivity contribution in [3.63, 3.8) is 0 Å². The van der Waals surface area contributed by atoms with E-state index in [0.717, 1.165) is 74.6 Å². The summed E-state index contributed by atoms with van der Waals surface area (Å²) in [5.41, 5.74) is 3.23. The van der Waals surface area contributed by atoms with Gasteiger partial charge in [0.1, 0.15) is 5.82 Å². The van der Waals surface area contributed by atoms with E-state index in [-0.39, 0.29) is 0 Å². The maximum Gasteiger partial charge on any atom is 0.143 e. The van der Waals surface area contributed by atoms with Crippen molar-refractivity contribution in [2.24, 2.45) is 5.92 Å². The number of benzene rings is 1. The highest BCUT2D eigenvalue weighted by Gasteiger charge is 2.28. The van der Waals surface area contributed by atoms with Gasteiger partial charge in [0, 0.05) is 30.4 Å². The topological polar surface area (TPSA) is 41.5 Å². The summed E-state index contributed by atoms with van der Waals surface area (Å²) in [6, 6.07) is 13.1. The van der Waals surface area contributed by atoms with Crippen LogP contribution in [0.3, 0.4) is 0 Å². The number of hydrogen-bond donors (Lipinski definition) is 0. The van der Waals surface area contributed by atoms with Gasteiger partial charge in [-0.25, -0.2) is 9.97 Å². The summed E-state index contributed by atoms with van der Waals surface area (Å²) in [4.78, 5) is 14.7. The highest BCUT2D eigenvalue weighted by atomic mass is 16.5. The summed E-state index contributed by atoms with van der Waals surface area (Å²) >= 11 is 0. The Hall–Kier alpha value is -1.82. The minimum Gasteiger partial charge on any atom is -0.379 e. The van der Waals surface area contributed by atoms with Crippen LogP contribution in [-0.4, -0.2) is 65.2 Å². The van der Waals surface area contributed by atoms with E-state index in [4.69, 9.17) is 14.7 Å². The lowest BCUT2D eigenvalue weighted by Gasteiger charge is -2.40. The molecule has 2 saturated heterocycles. The molecule has 1 aromatic heterocycles. The Kier molecular flexibility index (Phi) is 6.35. The first-order valence-corrected chi connectivity index (χ1v) is 10.6. The molecule has 0 saturated carbocycles. The van der Waals surface area contributed by atoms with Crippen molar-refractivity contribution < 1.29 is 4.74 Å². The molecule has 0 spiro atoms. The number of ether oxygens (including phenoxy) is 1. The van der Waals surface area contributed by atoms with Gasteiger partial charge < -0.3 is 4.74 Å². The molecule has 2 fully saturated rings. The summed E-state index contributed by atoms with van der Waals surface area (Å²) in [7, 11) is 0. The van der Waals surface area contributed by atoms with Crippen molar-refractivity contribution in [1.29, 1.82) is 0 Å². The third kappa shape index (κ3) is 4.77. The first-order chi connectivity index (χ1) is 13.7. The number of likely N-dealkylation sites (tertiary alicyclic amines) is 1. The fraction of sp³-hybridized carbons (Fsp3) is 0.565. The Labute approximate surface area is 168 Å². The molecule has 0 aliphatic carbocycles. The minimum atomic E-state index is 0.658. The lowest BCUT2D eigenvalue weighted by Crippen LogP contribution is -2.48. The van der Waals surface area contributed by atoms with Crippen LogP contribution >= 0.6 is 0 Å². The van der Waals surface area contributed by atoms with Gasteiger partial charge in [0.2, 0.25) is 0 Å². The standard InChI is InChI=1S/C23H32N4O/c1-18-16-22(21-6-4-3-5-7-21)25-23(24-18)17-26-10-8-20(9-11-26)19(2)27-12-14-28-15-13-27/h3-7,16,19-20H,8-15,17H2,1-2H3. The van der Waals surface area contributed by atoms with Gasteiger partial charge in [-0.3, -0.25) is 9.80 Å². The van der Waals surface area contributed by atoms with Crippen LogP contribution in [0.2, 0.25) is 0 Å². The Bertz CT molecular complexity index is 752.